The zero-order valence-corrected chi connectivity index (χ0v) is 15.5. The molecule has 1 aliphatic heterocycles. The number of aliphatic hydroxyl groups is 2. The first-order valence-electron chi connectivity index (χ1n) is 7.15. The summed E-state index contributed by atoms with van der Waals surface area (Å²) in [5.74, 6) is 0.679. The Balaban J connectivity index is 2.19. The van der Waals surface area contributed by atoms with Gasteiger partial charge in [-0.05, 0) is 35.4 Å². The van der Waals surface area contributed by atoms with Gasteiger partial charge in [-0.2, -0.15) is 0 Å². The summed E-state index contributed by atoms with van der Waals surface area (Å²) in [6.45, 7) is 1.02. The molecule has 1 aliphatic rings. The minimum absolute atomic E-state index is 0.0833. The molecule has 2 aromatic rings. The number of nitrogens with zero attached hydrogens (tertiary/aromatic N) is 1. The molecule has 120 valence electrons. The topological polar surface area (TPSA) is 54.6 Å². The van der Waals surface area contributed by atoms with Gasteiger partial charge < -0.3 is 19.5 Å². The van der Waals surface area contributed by atoms with Gasteiger partial charge in [0.05, 0.1) is 33.7 Å². The van der Waals surface area contributed by atoms with Crippen molar-refractivity contribution in [3.63, 3.8) is 0 Å². The number of halogens is 3. The molecule has 2 N–H and O–H groups in total. The SMILES string of the molecule is OCCCOc1cc(Cl)c(Cl)c2c1c(I)c1n2CC(O)CC1. The molecular formula is C15H16Cl2INO3. The van der Waals surface area contributed by atoms with Crippen LogP contribution >= 0.6 is 45.8 Å². The predicted octanol–water partition coefficient (Wildman–Crippen LogP) is 3.62. The molecule has 22 heavy (non-hydrogen) atoms. The van der Waals surface area contributed by atoms with Crippen LogP contribution in [0.3, 0.4) is 0 Å². The second kappa shape index (κ2) is 6.73. The highest BCUT2D eigenvalue weighted by Crippen LogP contribution is 2.44. The molecule has 4 nitrogen and oxygen atoms in total. The van der Waals surface area contributed by atoms with Crippen LogP contribution in [0.5, 0.6) is 5.75 Å². The number of benzene rings is 1. The summed E-state index contributed by atoms with van der Waals surface area (Å²) in [5, 5.41) is 20.7. The summed E-state index contributed by atoms with van der Waals surface area (Å²) >= 11 is 15.0. The first-order valence-corrected chi connectivity index (χ1v) is 8.98. The number of aromatic nitrogens is 1. The van der Waals surface area contributed by atoms with Crippen molar-refractivity contribution >= 4 is 56.7 Å². The van der Waals surface area contributed by atoms with Gasteiger partial charge >= 0.3 is 0 Å². The molecule has 0 radical (unpaired) electrons. The van der Waals surface area contributed by atoms with Gasteiger partial charge in [0.25, 0.3) is 0 Å². The van der Waals surface area contributed by atoms with E-state index in [1.165, 1.54) is 0 Å². The molecule has 7 heteroatoms. The maximum atomic E-state index is 9.97. The van der Waals surface area contributed by atoms with Crippen LogP contribution in [0.2, 0.25) is 10.0 Å². The minimum atomic E-state index is -0.368. The summed E-state index contributed by atoms with van der Waals surface area (Å²) in [5.41, 5.74) is 1.99. The number of hydrogen-bond donors (Lipinski definition) is 2. The van der Waals surface area contributed by atoms with E-state index in [2.05, 4.69) is 27.2 Å². The van der Waals surface area contributed by atoms with E-state index in [4.69, 9.17) is 33.0 Å². The fourth-order valence-corrected chi connectivity index (χ4v) is 4.39. The highest BCUT2D eigenvalue weighted by molar-refractivity contribution is 14.1. The molecule has 0 saturated heterocycles. The van der Waals surface area contributed by atoms with Crippen LogP contribution in [0.1, 0.15) is 18.5 Å². The minimum Gasteiger partial charge on any atom is -0.493 e. The second-order valence-corrected chi connectivity index (χ2v) is 7.25. The van der Waals surface area contributed by atoms with Crippen LogP contribution in [0.4, 0.5) is 0 Å². The Morgan fingerprint density at radius 2 is 2.18 bits per heavy atom. The van der Waals surface area contributed by atoms with E-state index in [9.17, 15) is 5.11 Å². The van der Waals surface area contributed by atoms with Gasteiger partial charge in [0, 0.05) is 34.9 Å². The molecular weight excluding hydrogens is 440 g/mol. The van der Waals surface area contributed by atoms with Crippen molar-refractivity contribution < 1.29 is 14.9 Å². The molecule has 1 atom stereocenters. The van der Waals surface area contributed by atoms with Crippen LogP contribution in [-0.4, -0.2) is 34.1 Å². The van der Waals surface area contributed by atoms with E-state index in [-0.39, 0.29) is 12.7 Å². The third-order valence-electron chi connectivity index (χ3n) is 3.89. The summed E-state index contributed by atoms with van der Waals surface area (Å²) in [6.07, 6.45) is 1.74. The second-order valence-electron chi connectivity index (χ2n) is 5.38. The van der Waals surface area contributed by atoms with Gasteiger partial charge in [-0.15, -0.1) is 0 Å². The van der Waals surface area contributed by atoms with Crippen LogP contribution < -0.4 is 4.74 Å². The first-order chi connectivity index (χ1) is 10.5. The maximum Gasteiger partial charge on any atom is 0.131 e. The van der Waals surface area contributed by atoms with E-state index in [0.717, 1.165) is 33.0 Å². The third kappa shape index (κ3) is 2.82. The Morgan fingerprint density at radius 3 is 2.91 bits per heavy atom. The van der Waals surface area contributed by atoms with Crippen molar-refractivity contribution in [3.05, 3.63) is 25.4 Å². The normalized spacial score (nSPS) is 17.8. The van der Waals surface area contributed by atoms with Gasteiger partial charge in [0.2, 0.25) is 0 Å². The molecule has 1 unspecified atom stereocenters. The lowest BCUT2D eigenvalue weighted by molar-refractivity contribution is 0.133. The van der Waals surface area contributed by atoms with Crippen LogP contribution in [0, 0.1) is 3.57 Å². The van der Waals surface area contributed by atoms with Crippen molar-refractivity contribution in [2.24, 2.45) is 0 Å². The summed E-state index contributed by atoms with van der Waals surface area (Å²) in [7, 11) is 0. The predicted molar refractivity (Wildman–Crippen MR) is 96.2 cm³/mol. The molecule has 3 rings (SSSR count). The lowest BCUT2D eigenvalue weighted by Crippen LogP contribution is -2.24. The van der Waals surface area contributed by atoms with Gasteiger partial charge in [-0.1, -0.05) is 23.2 Å². The van der Waals surface area contributed by atoms with Crippen molar-refractivity contribution in [1.82, 2.24) is 4.57 Å². The number of fused-ring (bicyclic) bond motifs is 3. The smallest absolute Gasteiger partial charge is 0.131 e. The summed E-state index contributed by atoms with van der Waals surface area (Å²) < 4.78 is 8.95. The Hall–Kier alpha value is -0.210. The van der Waals surface area contributed by atoms with Crippen molar-refractivity contribution in [3.8, 4) is 5.75 Å². The van der Waals surface area contributed by atoms with Gasteiger partial charge in [-0.25, -0.2) is 0 Å². The lowest BCUT2D eigenvalue weighted by Gasteiger charge is -2.21. The maximum absolute atomic E-state index is 9.97. The summed E-state index contributed by atoms with van der Waals surface area (Å²) in [4.78, 5) is 0. The fourth-order valence-electron chi connectivity index (χ4n) is 2.87. The van der Waals surface area contributed by atoms with E-state index >= 15 is 0 Å². The largest absolute Gasteiger partial charge is 0.493 e. The molecule has 0 aliphatic carbocycles. The number of ether oxygens (including phenoxy) is 1. The van der Waals surface area contributed by atoms with Crippen LogP contribution in [0.25, 0.3) is 10.9 Å². The lowest BCUT2D eigenvalue weighted by atomic mass is 10.1. The fraction of sp³-hybridized carbons (Fsp3) is 0.467. The van der Waals surface area contributed by atoms with Crippen molar-refractivity contribution in [2.75, 3.05) is 13.2 Å². The van der Waals surface area contributed by atoms with Crippen molar-refractivity contribution in [1.29, 1.82) is 0 Å². The zero-order chi connectivity index (χ0) is 15.9. The van der Waals surface area contributed by atoms with E-state index in [1.54, 1.807) is 6.07 Å². The Morgan fingerprint density at radius 1 is 1.41 bits per heavy atom. The molecule has 0 fully saturated rings. The van der Waals surface area contributed by atoms with E-state index in [1.807, 2.05) is 0 Å². The number of rotatable bonds is 4. The van der Waals surface area contributed by atoms with Gasteiger partial charge in [-0.3, -0.25) is 0 Å². The molecule has 0 bridgehead atoms. The Labute approximate surface area is 152 Å². The van der Waals surface area contributed by atoms with Crippen LogP contribution in [0.15, 0.2) is 6.07 Å². The first kappa shape index (κ1) is 16.6. The van der Waals surface area contributed by atoms with Gasteiger partial charge in [0.1, 0.15) is 5.75 Å². The van der Waals surface area contributed by atoms with Crippen LogP contribution in [-0.2, 0) is 13.0 Å². The average molecular weight is 456 g/mol. The molecule has 1 aromatic heterocycles. The molecule has 0 spiro atoms. The third-order valence-corrected chi connectivity index (χ3v) is 5.83. The Bertz CT molecular complexity index is 717. The monoisotopic (exact) mass is 455 g/mol. The average Bonchev–Trinajstić information content (AvgIpc) is 2.77. The highest BCUT2D eigenvalue weighted by Gasteiger charge is 2.27. The number of hydrogen-bond acceptors (Lipinski definition) is 3. The summed E-state index contributed by atoms with van der Waals surface area (Å²) in [6, 6.07) is 1.73. The quantitative estimate of drug-likeness (QED) is 0.546. The Kier molecular flexibility index (Phi) is 5.09. The van der Waals surface area contributed by atoms with E-state index < -0.39 is 0 Å². The van der Waals surface area contributed by atoms with E-state index in [0.29, 0.717) is 35.4 Å². The molecule has 0 amide bonds. The zero-order valence-electron chi connectivity index (χ0n) is 11.8. The molecule has 1 aromatic carbocycles. The van der Waals surface area contributed by atoms with Gasteiger partial charge in [0.15, 0.2) is 0 Å². The standard InChI is InChI=1S/C15H16Cl2INO3/c16-9-6-11(22-5-1-4-20)12-14(18)10-3-2-8(21)7-19(10)15(12)13(9)17/h6,8,20-21H,1-5,7H2. The number of aliphatic hydroxyl groups excluding tert-OH is 2. The molecule has 0 saturated carbocycles. The molecule has 2 heterocycles. The highest BCUT2D eigenvalue weighted by atomic mass is 127. The van der Waals surface area contributed by atoms with Crippen molar-refractivity contribution in [2.45, 2.75) is 31.9 Å².